The van der Waals surface area contributed by atoms with Crippen molar-refractivity contribution in [2.45, 2.75) is 12.5 Å². The second kappa shape index (κ2) is 5.47. The van der Waals surface area contributed by atoms with Crippen LogP contribution in [0.25, 0.3) is 0 Å². The van der Waals surface area contributed by atoms with E-state index in [1.165, 1.54) is 7.11 Å². The summed E-state index contributed by atoms with van der Waals surface area (Å²) < 4.78 is 23.2. The third-order valence-electron chi connectivity index (χ3n) is 3.23. The van der Waals surface area contributed by atoms with Gasteiger partial charge in [0.15, 0.2) is 17.7 Å². The van der Waals surface area contributed by atoms with E-state index in [1.807, 2.05) is 0 Å². The number of nitrogens with one attached hydrogen (secondary N) is 1. The molecule has 2 heterocycles. The summed E-state index contributed by atoms with van der Waals surface area (Å²) in [6, 6.07) is 5.27. The molecule has 3 rings (SSSR count). The molecule has 1 aromatic heterocycles. The number of fused-ring (bicyclic) bond motifs is 1. The van der Waals surface area contributed by atoms with Gasteiger partial charge in [-0.3, -0.25) is 0 Å². The van der Waals surface area contributed by atoms with E-state index in [0.29, 0.717) is 17.9 Å². The number of hydrogen-bond donors (Lipinski definition) is 2. The van der Waals surface area contributed by atoms with Crippen LogP contribution in [-0.2, 0) is 16.0 Å². The fourth-order valence-corrected chi connectivity index (χ4v) is 2.16. The second-order valence-electron chi connectivity index (χ2n) is 4.71. The largest absolute Gasteiger partial charge is 0.478 e. The lowest BCUT2D eigenvalue weighted by Crippen LogP contribution is -2.26. The average molecular weight is 304 g/mol. The van der Waals surface area contributed by atoms with Gasteiger partial charge in [-0.1, -0.05) is 0 Å². The van der Waals surface area contributed by atoms with E-state index >= 15 is 0 Å². The van der Waals surface area contributed by atoms with Crippen LogP contribution in [0, 0.1) is 5.82 Å². The predicted octanol–water partition coefficient (Wildman–Crippen LogP) is 1.42. The Labute approximate surface area is 125 Å². The fourth-order valence-electron chi connectivity index (χ4n) is 2.16. The van der Waals surface area contributed by atoms with E-state index in [0.717, 1.165) is 11.8 Å². The number of aromatic nitrogens is 2. The van der Waals surface area contributed by atoms with Gasteiger partial charge in [-0.15, -0.1) is 0 Å². The Morgan fingerprint density at radius 2 is 2.36 bits per heavy atom. The smallest absolute Gasteiger partial charge is 0.347 e. The lowest BCUT2D eigenvalue weighted by molar-refractivity contribution is -0.147. The molecule has 1 unspecified atom stereocenters. The molecule has 22 heavy (non-hydrogen) atoms. The maximum Gasteiger partial charge on any atom is 0.347 e. The Hall–Kier alpha value is -2.90. The van der Waals surface area contributed by atoms with Crippen molar-refractivity contribution in [2.75, 3.05) is 18.2 Å². The van der Waals surface area contributed by atoms with Gasteiger partial charge in [0.25, 0.3) is 0 Å². The molecule has 0 spiro atoms. The first kappa shape index (κ1) is 14.1. The molecule has 3 N–H and O–H groups in total. The second-order valence-corrected chi connectivity index (χ2v) is 4.71. The number of methoxy groups -OCH3 is 1. The number of halogens is 1. The molecule has 0 amide bonds. The van der Waals surface area contributed by atoms with Crippen LogP contribution in [0.5, 0.6) is 5.75 Å². The normalized spacial score (nSPS) is 15.8. The zero-order valence-corrected chi connectivity index (χ0v) is 11.7. The molecule has 1 aromatic carbocycles. The van der Waals surface area contributed by atoms with Gasteiger partial charge in [-0.05, 0) is 18.2 Å². The highest BCUT2D eigenvalue weighted by molar-refractivity contribution is 5.77. The minimum atomic E-state index is -0.672. The van der Waals surface area contributed by atoms with E-state index in [4.69, 9.17) is 10.5 Å². The maximum atomic E-state index is 13.0. The van der Waals surface area contributed by atoms with Gasteiger partial charge in [0, 0.05) is 17.7 Å². The summed E-state index contributed by atoms with van der Waals surface area (Å²) >= 11 is 0. The van der Waals surface area contributed by atoms with E-state index in [1.54, 1.807) is 18.2 Å². The van der Waals surface area contributed by atoms with E-state index in [9.17, 15) is 9.18 Å². The number of nitrogens with two attached hydrogens (primary N) is 1. The molecule has 0 aliphatic carbocycles. The van der Waals surface area contributed by atoms with Crippen LogP contribution >= 0.6 is 0 Å². The number of hydrogen-bond acceptors (Lipinski definition) is 7. The molecule has 0 radical (unpaired) electrons. The Balaban J connectivity index is 1.78. The van der Waals surface area contributed by atoms with Crippen molar-refractivity contribution in [3.8, 4) is 5.75 Å². The molecule has 1 aliphatic heterocycles. The number of nitrogens with zero attached hydrogens (tertiary/aromatic N) is 2. The molecular weight excluding hydrogens is 291 g/mol. The molecule has 2 aromatic rings. The van der Waals surface area contributed by atoms with E-state index < -0.39 is 17.9 Å². The van der Waals surface area contributed by atoms with E-state index in [2.05, 4.69) is 20.0 Å². The number of benzene rings is 1. The van der Waals surface area contributed by atoms with Gasteiger partial charge in [0.2, 0.25) is 5.95 Å². The van der Waals surface area contributed by atoms with Gasteiger partial charge in [-0.25, -0.2) is 14.2 Å². The summed E-state index contributed by atoms with van der Waals surface area (Å²) in [5.41, 5.74) is 6.93. The summed E-state index contributed by atoms with van der Waals surface area (Å²) in [7, 11) is 1.32. The third-order valence-corrected chi connectivity index (χ3v) is 3.23. The van der Waals surface area contributed by atoms with Gasteiger partial charge < -0.3 is 20.5 Å². The van der Waals surface area contributed by atoms with Gasteiger partial charge in [0.1, 0.15) is 5.75 Å². The average Bonchev–Trinajstić information content (AvgIpc) is 2.93. The Morgan fingerprint density at radius 1 is 1.55 bits per heavy atom. The van der Waals surface area contributed by atoms with Crippen LogP contribution < -0.4 is 15.8 Å². The lowest BCUT2D eigenvalue weighted by atomic mass is 10.1. The first-order valence-corrected chi connectivity index (χ1v) is 6.49. The van der Waals surface area contributed by atoms with E-state index in [-0.39, 0.29) is 11.8 Å². The molecule has 1 atom stereocenters. The zero-order chi connectivity index (χ0) is 15.7. The molecule has 8 heteroatoms. The van der Waals surface area contributed by atoms with Gasteiger partial charge in [-0.2, -0.15) is 4.98 Å². The highest BCUT2D eigenvalue weighted by atomic mass is 19.1. The number of rotatable bonds is 3. The quantitative estimate of drug-likeness (QED) is 0.827. The molecule has 0 saturated carbocycles. The minimum absolute atomic E-state index is 0.183. The standard InChI is InChI=1S/C14H13FN4O3/c1-21-13(20)11-5-7-4-8(2-3-10(7)22-11)18-14-17-6-9(15)12(16)19-14/h2-4,6,11H,5H2,1H3,(H3,16,17,18,19). The molecule has 1 aliphatic rings. The zero-order valence-electron chi connectivity index (χ0n) is 11.7. The third kappa shape index (κ3) is 2.62. The SMILES string of the molecule is COC(=O)C1Cc2cc(Nc3ncc(F)c(N)n3)ccc2O1. The summed E-state index contributed by atoms with van der Waals surface area (Å²) in [5, 5.41) is 2.92. The minimum Gasteiger partial charge on any atom is -0.478 e. The van der Waals surface area contributed by atoms with Crippen molar-refractivity contribution >= 4 is 23.4 Å². The van der Waals surface area contributed by atoms with Crippen LogP contribution in [0.3, 0.4) is 0 Å². The topological polar surface area (TPSA) is 99.4 Å². The van der Waals surface area contributed by atoms with Crippen LogP contribution in [0.15, 0.2) is 24.4 Å². The maximum absolute atomic E-state index is 13.0. The Morgan fingerprint density at radius 3 is 3.09 bits per heavy atom. The first-order chi connectivity index (χ1) is 10.6. The number of nitrogen functional groups attached to an aromatic ring is 1. The molecule has 0 bridgehead atoms. The first-order valence-electron chi connectivity index (χ1n) is 6.49. The number of anilines is 3. The number of carbonyl (C=O) groups is 1. The molecule has 114 valence electrons. The number of ether oxygens (including phenoxy) is 2. The Bertz CT molecular complexity index is 738. The van der Waals surface area contributed by atoms with Crippen LogP contribution in [0.4, 0.5) is 21.8 Å². The van der Waals surface area contributed by atoms with Gasteiger partial charge in [0.05, 0.1) is 13.3 Å². The van der Waals surface area contributed by atoms with Gasteiger partial charge >= 0.3 is 5.97 Å². The highest BCUT2D eigenvalue weighted by Crippen LogP contribution is 2.32. The summed E-state index contributed by atoms with van der Waals surface area (Å²) in [5.74, 6) is -0.510. The lowest BCUT2D eigenvalue weighted by Gasteiger charge is -2.07. The van der Waals surface area contributed by atoms with Crippen molar-refractivity contribution < 1.29 is 18.7 Å². The highest BCUT2D eigenvalue weighted by Gasteiger charge is 2.30. The fraction of sp³-hybridized carbons (Fsp3) is 0.214. The molecule has 0 saturated heterocycles. The summed E-state index contributed by atoms with van der Waals surface area (Å²) in [4.78, 5) is 19.1. The van der Waals surface area contributed by atoms with Crippen molar-refractivity contribution in [1.82, 2.24) is 9.97 Å². The Kier molecular flexibility index (Phi) is 3.50. The predicted molar refractivity (Wildman–Crippen MR) is 76.3 cm³/mol. The monoisotopic (exact) mass is 304 g/mol. The number of esters is 1. The van der Waals surface area contributed by atoms with Crippen molar-refractivity contribution in [3.63, 3.8) is 0 Å². The summed E-state index contributed by atoms with van der Waals surface area (Å²) in [6.45, 7) is 0. The summed E-state index contributed by atoms with van der Waals surface area (Å²) in [6.07, 6.45) is 0.784. The van der Waals surface area contributed by atoms with Crippen molar-refractivity contribution in [3.05, 3.63) is 35.8 Å². The van der Waals surface area contributed by atoms with Crippen LogP contribution in [0.1, 0.15) is 5.56 Å². The molecular formula is C14H13FN4O3. The number of carbonyl (C=O) groups excluding carboxylic acids is 1. The molecule has 7 nitrogen and oxygen atoms in total. The van der Waals surface area contributed by atoms with Crippen molar-refractivity contribution in [2.24, 2.45) is 0 Å². The van der Waals surface area contributed by atoms with Crippen LogP contribution in [-0.4, -0.2) is 29.2 Å². The molecule has 0 fully saturated rings. The van der Waals surface area contributed by atoms with Crippen molar-refractivity contribution in [1.29, 1.82) is 0 Å². The van der Waals surface area contributed by atoms with Crippen LogP contribution in [0.2, 0.25) is 0 Å².